The molecule has 0 bridgehead atoms. The number of hydrogen-bond acceptors (Lipinski definition) is 4. The predicted octanol–water partition coefficient (Wildman–Crippen LogP) is 6.61. The lowest BCUT2D eigenvalue weighted by atomic mass is 10.0. The Hall–Kier alpha value is -4.33. The number of fused-ring (bicyclic) bond motifs is 1. The maximum Gasteiger partial charge on any atom is 0.416 e. The fourth-order valence-electron chi connectivity index (χ4n) is 4.43. The van der Waals surface area contributed by atoms with E-state index in [0.717, 1.165) is 40.3 Å². The molecule has 0 spiro atoms. The van der Waals surface area contributed by atoms with Gasteiger partial charge in [-0.05, 0) is 58.5 Å². The van der Waals surface area contributed by atoms with E-state index in [1.165, 1.54) is 24.5 Å². The Morgan fingerprint density at radius 1 is 0.946 bits per heavy atom. The lowest BCUT2D eigenvalue weighted by Gasteiger charge is -2.21. The number of carboxylic acid groups (broad SMARTS) is 1. The molecule has 0 aliphatic carbocycles. The third kappa shape index (κ3) is 5.58. The third-order valence-corrected chi connectivity index (χ3v) is 6.36. The molecule has 1 aromatic heterocycles. The first-order chi connectivity index (χ1) is 17.8. The number of hydrogen-bond donors (Lipinski definition) is 1. The summed E-state index contributed by atoms with van der Waals surface area (Å²) in [7, 11) is 0. The Balaban J connectivity index is 1.26. The van der Waals surface area contributed by atoms with Crippen molar-refractivity contribution < 1.29 is 27.8 Å². The van der Waals surface area contributed by atoms with E-state index >= 15 is 0 Å². The molecule has 3 aromatic carbocycles. The minimum Gasteiger partial charge on any atom is -0.487 e. The molecular formula is C29H23F3N2O3. The summed E-state index contributed by atoms with van der Waals surface area (Å²) in [5.41, 5.74) is 4.96. The largest absolute Gasteiger partial charge is 0.487 e. The minimum absolute atomic E-state index is 0.0611. The lowest BCUT2D eigenvalue weighted by molar-refractivity contribution is -0.137. The van der Waals surface area contributed by atoms with Crippen LogP contribution in [0.2, 0.25) is 0 Å². The molecule has 37 heavy (non-hydrogen) atoms. The van der Waals surface area contributed by atoms with Crippen LogP contribution in [-0.2, 0) is 25.7 Å². The van der Waals surface area contributed by atoms with Crippen LogP contribution in [0.5, 0.6) is 5.75 Å². The number of halogens is 3. The van der Waals surface area contributed by atoms with Crippen molar-refractivity contribution in [1.29, 1.82) is 0 Å². The number of alkyl halides is 3. The highest BCUT2D eigenvalue weighted by Gasteiger charge is 2.32. The van der Waals surface area contributed by atoms with E-state index in [1.54, 1.807) is 6.07 Å². The second kappa shape index (κ2) is 9.97. The lowest BCUT2D eigenvalue weighted by Crippen LogP contribution is -2.20. The second-order valence-electron chi connectivity index (χ2n) is 8.91. The molecule has 0 unspecified atom stereocenters. The predicted molar refractivity (Wildman–Crippen MR) is 134 cm³/mol. The number of aromatic carboxylic acids is 1. The Morgan fingerprint density at radius 2 is 1.76 bits per heavy atom. The fraction of sp³-hybridized carbons (Fsp3) is 0.172. The molecule has 0 fully saturated rings. The Morgan fingerprint density at radius 3 is 2.51 bits per heavy atom. The quantitative estimate of drug-likeness (QED) is 0.307. The number of carboxylic acids is 1. The number of anilines is 1. The number of nitrogens with zero attached hydrogens (tertiary/aromatic N) is 2. The molecule has 5 rings (SSSR count). The average Bonchev–Trinajstić information content (AvgIpc) is 3.29. The molecule has 1 aliphatic rings. The Bertz CT molecular complexity index is 1440. The van der Waals surface area contributed by atoms with Crippen molar-refractivity contribution in [3.63, 3.8) is 0 Å². The summed E-state index contributed by atoms with van der Waals surface area (Å²) in [6, 6.07) is 21.2. The zero-order chi connectivity index (χ0) is 26.0. The zero-order valence-electron chi connectivity index (χ0n) is 19.7. The van der Waals surface area contributed by atoms with Crippen LogP contribution in [0.25, 0.3) is 11.1 Å². The van der Waals surface area contributed by atoms with E-state index in [0.29, 0.717) is 24.5 Å². The van der Waals surface area contributed by atoms with Gasteiger partial charge in [0, 0.05) is 25.0 Å². The highest BCUT2D eigenvalue weighted by molar-refractivity contribution is 5.87. The molecule has 1 aliphatic heterocycles. The SMILES string of the molecule is O=C(O)c1cncc(OCc2ccc(-c3cccc(CN4CCc5ccc(C(F)(F)F)cc54)c3)cc2)c1. The first-order valence-corrected chi connectivity index (χ1v) is 11.7. The van der Waals surface area contributed by atoms with Crippen molar-refractivity contribution in [3.05, 3.63) is 113 Å². The molecule has 188 valence electrons. The molecule has 2 heterocycles. The van der Waals surface area contributed by atoms with Crippen LogP contribution in [0.3, 0.4) is 0 Å². The van der Waals surface area contributed by atoms with Crippen molar-refractivity contribution in [2.75, 3.05) is 11.4 Å². The van der Waals surface area contributed by atoms with Crippen molar-refractivity contribution in [2.24, 2.45) is 0 Å². The van der Waals surface area contributed by atoms with Gasteiger partial charge in [-0.15, -0.1) is 0 Å². The molecule has 0 radical (unpaired) electrons. The molecule has 4 aromatic rings. The van der Waals surface area contributed by atoms with Crippen LogP contribution >= 0.6 is 0 Å². The number of aromatic nitrogens is 1. The first-order valence-electron chi connectivity index (χ1n) is 11.7. The zero-order valence-corrected chi connectivity index (χ0v) is 19.7. The van der Waals surface area contributed by atoms with Crippen LogP contribution < -0.4 is 9.64 Å². The van der Waals surface area contributed by atoms with E-state index in [4.69, 9.17) is 9.84 Å². The smallest absolute Gasteiger partial charge is 0.416 e. The van der Waals surface area contributed by atoms with E-state index in [2.05, 4.69) is 11.1 Å². The summed E-state index contributed by atoms with van der Waals surface area (Å²) < 4.78 is 45.3. The van der Waals surface area contributed by atoms with Crippen molar-refractivity contribution in [3.8, 4) is 16.9 Å². The number of benzene rings is 3. The Kier molecular flexibility index (Phi) is 6.56. The summed E-state index contributed by atoms with van der Waals surface area (Å²) >= 11 is 0. The molecule has 0 saturated carbocycles. The van der Waals surface area contributed by atoms with Crippen molar-refractivity contribution in [2.45, 2.75) is 25.7 Å². The molecular weight excluding hydrogens is 481 g/mol. The average molecular weight is 505 g/mol. The normalized spacial score (nSPS) is 12.9. The number of carbonyl (C=O) groups is 1. The number of rotatable bonds is 7. The Labute approximate surface area is 211 Å². The number of ether oxygens (including phenoxy) is 1. The van der Waals surface area contributed by atoms with Gasteiger partial charge in [0.05, 0.1) is 17.3 Å². The highest BCUT2D eigenvalue weighted by Crippen LogP contribution is 2.37. The molecule has 0 amide bonds. The van der Waals surface area contributed by atoms with Gasteiger partial charge < -0.3 is 14.7 Å². The van der Waals surface area contributed by atoms with Gasteiger partial charge in [0.15, 0.2) is 0 Å². The minimum atomic E-state index is -4.36. The molecule has 8 heteroatoms. The molecule has 5 nitrogen and oxygen atoms in total. The molecule has 0 atom stereocenters. The van der Waals surface area contributed by atoms with E-state index < -0.39 is 17.7 Å². The maximum absolute atomic E-state index is 13.2. The third-order valence-electron chi connectivity index (χ3n) is 6.36. The second-order valence-corrected chi connectivity index (χ2v) is 8.91. The number of pyridine rings is 1. The summed E-state index contributed by atoms with van der Waals surface area (Å²) in [4.78, 5) is 17.0. The van der Waals surface area contributed by atoms with Crippen molar-refractivity contribution in [1.82, 2.24) is 4.98 Å². The van der Waals surface area contributed by atoms with Crippen LogP contribution in [0, 0.1) is 0 Å². The van der Waals surface area contributed by atoms with Crippen LogP contribution in [0.1, 0.15) is 32.6 Å². The monoisotopic (exact) mass is 504 g/mol. The van der Waals surface area contributed by atoms with Gasteiger partial charge in [0.2, 0.25) is 0 Å². The van der Waals surface area contributed by atoms with Gasteiger partial charge in [-0.3, -0.25) is 4.98 Å². The van der Waals surface area contributed by atoms with E-state index in [9.17, 15) is 18.0 Å². The van der Waals surface area contributed by atoms with Crippen molar-refractivity contribution >= 4 is 11.7 Å². The summed E-state index contributed by atoms with van der Waals surface area (Å²) in [5.74, 6) is -0.688. The van der Waals surface area contributed by atoms with Crippen LogP contribution in [-0.4, -0.2) is 22.6 Å². The van der Waals surface area contributed by atoms with Crippen LogP contribution in [0.15, 0.2) is 85.2 Å². The topological polar surface area (TPSA) is 62.7 Å². The maximum atomic E-state index is 13.2. The van der Waals surface area contributed by atoms with Gasteiger partial charge in [-0.1, -0.05) is 48.5 Å². The van der Waals surface area contributed by atoms with Gasteiger partial charge in [-0.2, -0.15) is 13.2 Å². The summed E-state index contributed by atoms with van der Waals surface area (Å²) in [6.45, 7) is 1.47. The van der Waals surface area contributed by atoms with E-state index in [-0.39, 0.29) is 12.2 Å². The van der Waals surface area contributed by atoms with Gasteiger partial charge in [-0.25, -0.2) is 4.79 Å². The summed E-state index contributed by atoms with van der Waals surface area (Å²) in [6.07, 6.45) is -0.900. The highest BCUT2D eigenvalue weighted by atomic mass is 19.4. The van der Waals surface area contributed by atoms with Gasteiger partial charge >= 0.3 is 12.1 Å². The summed E-state index contributed by atoms with van der Waals surface area (Å²) in [5, 5.41) is 9.08. The van der Waals surface area contributed by atoms with Gasteiger partial charge in [0.25, 0.3) is 0 Å². The van der Waals surface area contributed by atoms with E-state index in [1.807, 2.05) is 47.4 Å². The van der Waals surface area contributed by atoms with Crippen LogP contribution in [0.4, 0.5) is 18.9 Å². The molecule has 0 saturated heterocycles. The standard InChI is InChI=1S/C29H23F3N2O3/c30-29(31,32)25-9-8-22-10-11-34(27(22)14-25)17-20-2-1-3-23(12-20)21-6-4-19(5-7-21)18-37-26-13-24(28(35)36)15-33-16-26/h1-9,12-16H,10-11,17-18H2,(H,35,36). The van der Waals surface area contributed by atoms with Gasteiger partial charge in [0.1, 0.15) is 12.4 Å². The fourth-order valence-corrected chi connectivity index (χ4v) is 4.43. The first kappa shape index (κ1) is 24.4. The molecule has 1 N–H and O–H groups in total.